The van der Waals surface area contributed by atoms with Crippen molar-refractivity contribution in [1.82, 2.24) is 10.0 Å². The molecule has 0 saturated heterocycles. The van der Waals surface area contributed by atoms with E-state index in [0.717, 1.165) is 50.0 Å². The predicted octanol–water partition coefficient (Wildman–Crippen LogP) is 3.77. The highest BCUT2D eigenvalue weighted by Crippen LogP contribution is 2.30. The Kier molecular flexibility index (Phi) is 7.15. The molecule has 5 nitrogen and oxygen atoms in total. The number of rotatable bonds is 6. The minimum atomic E-state index is -3.46. The minimum Gasteiger partial charge on any atom is -0.353 e. The minimum absolute atomic E-state index is 0.0873. The number of aryl methyl sites for hydroxylation is 1. The molecule has 6 heteroatoms. The van der Waals surface area contributed by atoms with Gasteiger partial charge in [0.2, 0.25) is 15.9 Å². The van der Waals surface area contributed by atoms with Gasteiger partial charge < -0.3 is 5.32 Å². The Bertz CT molecular complexity index is 744. The fourth-order valence-corrected chi connectivity index (χ4v) is 5.50. The van der Waals surface area contributed by atoms with Crippen LogP contribution in [0, 0.1) is 24.7 Å². The molecule has 2 N–H and O–H groups in total. The van der Waals surface area contributed by atoms with E-state index in [1.54, 1.807) is 12.1 Å². The van der Waals surface area contributed by atoms with Crippen LogP contribution in [0.1, 0.15) is 63.9 Å². The highest BCUT2D eigenvalue weighted by molar-refractivity contribution is 7.89. The van der Waals surface area contributed by atoms with Gasteiger partial charge in [-0.05, 0) is 82.3 Å². The summed E-state index contributed by atoms with van der Waals surface area (Å²) < 4.78 is 27.6. The number of carbonyl (C=O) groups excluding carboxylic acids is 1. The van der Waals surface area contributed by atoms with Crippen molar-refractivity contribution in [1.29, 1.82) is 0 Å². The molecule has 28 heavy (non-hydrogen) atoms. The molecule has 2 saturated carbocycles. The van der Waals surface area contributed by atoms with Gasteiger partial charge in [0.25, 0.3) is 0 Å². The molecule has 0 aromatic heterocycles. The van der Waals surface area contributed by atoms with Crippen molar-refractivity contribution in [2.24, 2.45) is 17.8 Å². The van der Waals surface area contributed by atoms with Crippen molar-refractivity contribution < 1.29 is 13.2 Å². The van der Waals surface area contributed by atoms with E-state index in [9.17, 15) is 13.2 Å². The first-order valence-electron chi connectivity index (χ1n) is 10.7. The van der Waals surface area contributed by atoms with Crippen molar-refractivity contribution in [3.05, 3.63) is 29.8 Å². The fourth-order valence-electron chi connectivity index (χ4n) is 4.38. The average molecular weight is 407 g/mol. The van der Waals surface area contributed by atoms with Crippen molar-refractivity contribution in [3.63, 3.8) is 0 Å². The zero-order chi connectivity index (χ0) is 20.1. The van der Waals surface area contributed by atoms with Gasteiger partial charge in [0.1, 0.15) is 0 Å². The summed E-state index contributed by atoms with van der Waals surface area (Å²) in [6.45, 7) is 4.67. The van der Waals surface area contributed by atoms with Crippen LogP contribution in [0.3, 0.4) is 0 Å². The third kappa shape index (κ3) is 5.80. The summed E-state index contributed by atoms with van der Waals surface area (Å²) in [6.07, 6.45) is 8.12. The smallest absolute Gasteiger partial charge is 0.240 e. The van der Waals surface area contributed by atoms with Crippen LogP contribution in [-0.2, 0) is 14.8 Å². The molecular formula is C22H34N2O3S. The molecule has 0 atom stereocenters. The molecule has 0 spiro atoms. The third-order valence-electron chi connectivity index (χ3n) is 6.47. The van der Waals surface area contributed by atoms with E-state index in [2.05, 4.69) is 17.0 Å². The number of carbonyl (C=O) groups is 1. The largest absolute Gasteiger partial charge is 0.353 e. The molecule has 0 radical (unpaired) electrons. The first-order chi connectivity index (χ1) is 13.3. The first-order valence-corrected chi connectivity index (χ1v) is 12.2. The van der Waals surface area contributed by atoms with Crippen molar-refractivity contribution >= 4 is 15.9 Å². The van der Waals surface area contributed by atoms with Gasteiger partial charge in [-0.1, -0.05) is 24.6 Å². The quantitative estimate of drug-likeness (QED) is 0.755. The predicted molar refractivity (Wildman–Crippen MR) is 111 cm³/mol. The highest BCUT2D eigenvalue weighted by atomic mass is 32.2. The van der Waals surface area contributed by atoms with E-state index in [-0.39, 0.29) is 11.8 Å². The topological polar surface area (TPSA) is 75.3 Å². The molecule has 2 fully saturated rings. The summed E-state index contributed by atoms with van der Waals surface area (Å²) >= 11 is 0. The van der Waals surface area contributed by atoms with Crippen molar-refractivity contribution in [2.45, 2.75) is 76.2 Å². The van der Waals surface area contributed by atoms with Crippen LogP contribution in [0.2, 0.25) is 0 Å². The molecule has 1 aromatic rings. The zero-order valence-corrected chi connectivity index (χ0v) is 17.9. The highest BCUT2D eigenvalue weighted by Gasteiger charge is 2.29. The maximum Gasteiger partial charge on any atom is 0.240 e. The zero-order valence-electron chi connectivity index (χ0n) is 17.1. The maximum atomic E-state index is 12.6. The normalized spacial score (nSPS) is 28.6. The molecule has 0 heterocycles. The number of amides is 1. The number of benzene rings is 1. The summed E-state index contributed by atoms with van der Waals surface area (Å²) in [7, 11) is -3.46. The first kappa shape index (κ1) is 21.3. The molecule has 2 aliphatic rings. The van der Waals surface area contributed by atoms with Crippen molar-refractivity contribution in [2.75, 3.05) is 6.54 Å². The van der Waals surface area contributed by atoms with E-state index < -0.39 is 10.0 Å². The Morgan fingerprint density at radius 3 is 2.18 bits per heavy atom. The standard InChI is InChI=1S/C22H34N2O3S/c1-16-3-11-20(12-4-16)24-22(25)19-9-7-18(8-10-19)15-23-28(26,27)21-13-5-17(2)6-14-21/h5-6,13-14,16,18-20,23H,3-4,7-12,15H2,1-2H3,(H,24,25). The summed E-state index contributed by atoms with van der Waals surface area (Å²) in [5.41, 5.74) is 1.04. The van der Waals surface area contributed by atoms with Crippen LogP contribution in [0.4, 0.5) is 0 Å². The van der Waals surface area contributed by atoms with E-state index in [1.807, 2.05) is 19.1 Å². The number of nitrogens with one attached hydrogen (secondary N) is 2. The van der Waals surface area contributed by atoms with Crippen LogP contribution >= 0.6 is 0 Å². The van der Waals surface area contributed by atoms with Gasteiger partial charge in [-0.2, -0.15) is 0 Å². The molecule has 0 bridgehead atoms. The third-order valence-corrected chi connectivity index (χ3v) is 7.91. The maximum absolute atomic E-state index is 12.6. The van der Waals surface area contributed by atoms with Crippen LogP contribution in [0.15, 0.2) is 29.2 Å². The van der Waals surface area contributed by atoms with E-state index in [0.29, 0.717) is 23.4 Å². The Balaban J connectivity index is 1.41. The lowest BCUT2D eigenvalue weighted by atomic mass is 9.81. The Hall–Kier alpha value is -1.40. The lowest BCUT2D eigenvalue weighted by Gasteiger charge is -2.31. The average Bonchev–Trinajstić information content (AvgIpc) is 2.69. The van der Waals surface area contributed by atoms with Gasteiger partial charge in [0.15, 0.2) is 0 Å². The second-order valence-electron chi connectivity index (χ2n) is 8.85. The summed E-state index contributed by atoms with van der Waals surface area (Å²) in [6, 6.07) is 7.26. The van der Waals surface area contributed by atoms with Gasteiger partial charge in [0, 0.05) is 18.5 Å². The monoisotopic (exact) mass is 406 g/mol. The van der Waals surface area contributed by atoms with Gasteiger partial charge in [0.05, 0.1) is 4.90 Å². The Morgan fingerprint density at radius 2 is 1.57 bits per heavy atom. The van der Waals surface area contributed by atoms with E-state index >= 15 is 0 Å². The number of sulfonamides is 1. The summed E-state index contributed by atoms with van der Waals surface area (Å²) in [5, 5.41) is 3.26. The number of hydrogen-bond donors (Lipinski definition) is 2. The molecular weight excluding hydrogens is 372 g/mol. The lowest BCUT2D eigenvalue weighted by molar-refractivity contribution is -0.127. The Labute approximate surface area is 169 Å². The summed E-state index contributed by atoms with van der Waals surface area (Å²) in [4.78, 5) is 12.9. The van der Waals surface area contributed by atoms with Crippen molar-refractivity contribution in [3.8, 4) is 0 Å². The second kappa shape index (κ2) is 9.40. The van der Waals surface area contributed by atoms with Gasteiger partial charge in [-0.15, -0.1) is 0 Å². The molecule has 0 unspecified atom stereocenters. The molecule has 1 amide bonds. The molecule has 3 rings (SSSR count). The lowest BCUT2D eigenvalue weighted by Crippen LogP contribution is -2.42. The fraction of sp³-hybridized carbons (Fsp3) is 0.682. The second-order valence-corrected chi connectivity index (χ2v) is 10.6. The molecule has 2 aliphatic carbocycles. The van der Waals surface area contributed by atoms with Crippen LogP contribution in [0.5, 0.6) is 0 Å². The Morgan fingerprint density at radius 1 is 0.964 bits per heavy atom. The van der Waals surface area contributed by atoms with Gasteiger partial charge >= 0.3 is 0 Å². The van der Waals surface area contributed by atoms with Crippen LogP contribution in [-0.4, -0.2) is 26.9 Å². The van der Waals surface area contributed by atoms with E-state index in [4.69, 9.17) is 0 Å². The van der Waals surface area contributed by atoms with Crippen LogP contribution < -0.4 is 10.0 Å². The van der Waals surface area contributed by atoms with Gasteiger partial charge in [-0.25, -0.2) is 13.1 Å². The SMILES string of the molecule is Cc1ccc(S(=O)(=O)NCC2CCC(C(=O)NC3CCC(C)CC3)CC2)cc1. The van der Waals surface area contributed by atoms with E-state index in [1.165, 1.54) is 12.8 Å². The van der Waals surface area contributed by atoms with Crippen LogP contribution in [0.25, 0.3) is 0 Å². The van der Waals surface area contributed by atoms with Gasteiger partial charge in [-0.3, -0.25) is 4.79 Å². The molecule has 156 valence electrons. The molecule has 1 aromatic carbocycles. The molecule has 0 aliphatic heterocycles. The number of hydrogen-bond acceptors (Lipinski definition) is 3. The summed E-state index contributed by atoms with van der Waals surface area (Å²) in [5.74, 6) is 1.38.